The highest BCUT2D eigenvalue weighted by Crippen LogP contribution is 2.21. The first kappa shape index (κ1) is 11.2. The summed E-state index contributed by atoms with van der Waals surface area (Å²) < 4.78 is 5.05. The number of nitrogens with one attached hydrogen (secondary N) is 1. The van der Waals surface area contributed by atoms with Crippen molar-refractivity contribution in [2.75, 3.05) is 11.9 Å². The number of anilines is 1. The number of nitrogens with zero attached hydrogens (tertiary/aromatic N) is 3. The minimum absolute atomic E-state index is 0.668. The van der Waals surface area contributed by atoms with Gasteiger partial charge >= 0.3 is 0 Å². The maximum absolute atomic E-state index is 5.05. The first-order valence-corrected chi connectivity index (χ1v) is 6.33. The van der Waals surface area contributed by atoms with Crippen LogP contribution in [0.4, 0.5) is 5.82 Å². The summed E-state index contributed by atoms with van der Waals surface area (Å²) in [6.45, 7) is 2.58. The fourth-order valence-corrected chi connectivity index (χ4v) is 2.26. The molecule has 0 aliphatic heterocycles. The van der Waals surface area contributed by atoms with Crippen molar-refractivity contribution in [1.29, 1.82) is 0 Å². The van der Waals surface area contributed by atoms with Crippen LogP contribution in [0.25, 0.3) is 0 Å². The van der Waals surface area contributed by atoms with Crippen molar-refractivity contribution in [3.05, 3.63) is 35.1 Å². The molecule has 1 aliphatic carbocycles. The molecule has 0 fully saturated rings. The molecule has 0 atom stereocenters. The van der Waals surface area contributed by atoms with E-state index in [9.17, 15) is 0 Å². The molecular weight excluding hydrogens is 228 g/mol. The molecule has 0 aromatic carbocycles. The molecule has 18 heavy (non-hydrogen) atoms. The monoisotopic (exact) mass is 244 g/mol. The van der Waals surface area contributed by atoms with Crippen LogP contribution in [-0.4, -0.2) is 21.7 Å². The topological polar surface area (TPSA) is 63.8 Å². The van der Waals surface area contributed by atoms with Gasteiger partial charge < -0.3 is 9.84 Å². The van der Waals surface area contributed by atoms with Gasteiger partial charge in [-0.1, -0.05) is 11.2 Å². The molecule has 3 rings (SSSR count). The molecule has 1 N–H and O–H groups in total. The Morgan fingerprint density at radius 3 is 3.06 bits per heavy atom. The third kappa shape index (κ3) is 2.34. The Hall–Kier alpha value is -1.91. The summed E-state index contributed by atoms with van der Waals surface area (Å²) in [5, 5.41) is 7.05. The summed E-state index contributed by atoms with van der Waals surface area (Å²) in [6, 6.07) is 4.22. The molecule has 0 bridgehead atoms. The zero-order valence-corrected chi connectivity index (χ0v) is 10.4. The number of aryl methyl sites for hydroxylation is 3. The lowest BCUT2D eigenvalue weighted by Crippen LogP contribution is -2.07. The van der Waals surface area contributed by atoms with Crippen LogP contribution in [0, 0.1) is 6.92 Å². The zero-order valence-electron chi connectivity index (χ0n) is 10.4. The second-order valence-corrected chi connectivity index (χ2v) is 4.57. The van der Waals surface area contributed by atoms with Crippen molar-refractivity contribution < 1.29 is 4.52 Å². The third-order valence-corrected chi connectivity index (χ3v) is 3.14. The van der Waals surface area contributed by atoms with Gasteiger partial charge in [-0.05, 0) is 37.8 Å². The fraction of sp³-hybridized carbons (Fsp3) is 0.462. The van der Waals surface area contributed by atoms with Crippen molar-refractivity contribution >= 4 is 5.82 Å². The Balaban J connectivity index is 1.57. The first-order chi connectivity index (χ1) is 8.81. The molecule has 1 aliphatic rings. The van der Waals surface area contributed by atoms with Gasteiger partial charge in [0.15, 0.2) is 5.82 Å². The Kier molecular flexibility index (Phi) is 2.96. The van der Waals surface area contributed by atoms with Gasteiger partial charge in [-0.3, -0.25) is 0 Å². The average Bonchev–Trinajstić information content (AvgIpc) is 2.97. The van der Waals surface area contributed by atoms with Crippen LogP contribution in [0.5, 0.6) is 0 Å². The van der Waals surface area contributed by atoms with Crippen molar-refractivity contribution in [2.45, 2.75) is 32.6 Å². The number of fused-ring (bicyclic) bond motifs is 1. The summed E-state index contributed by atoms with van der Waals surface area (Å²) in [5.74, 6) is 2.29. The number of pyridine rings is 1. The van der Waals surface area contributed by atoms with Crippen LogP contribution in [-0.2, 0) is 19.3 Å². The molecule has 0 saturated carbocycles. The van der Waals surface area contributed by atoms with Crippen molar-refractivity contribution in [3.63, 3.8) is 0 Å². The highest BCUT2D eigenvalue weighted by molar-refractivity contribution is 5.40. The van der Waals surface area contributed by atoms with E-state index >= 15 is 0 Å². The molecule has 5 nitrogen and oxygen atoms in total. The number of rotatable bonds is 4. The van der Waals surface area contributed by atoms with Crippen LogP contribution in [0.15, 0.2) is 16.7 Å². The molecule has 0 radical (unpaired) electrons. The van der Waals surface area contributed by atoms with Crippen LogP contribution >= 0.6 is 0 Å². The maximum Gasteiger partial charge on any atom is 0.228 e. The molecule has 94 valence electrons. The van der Waals surface area contributed by atoms with E-state index in [1.54, 1.807) is 0 Å². The molecule has 0 amide bonds. The largest absolute Gasteiger partial charge is 0.370 e. The van der Waals surface area contributed by atoms with E-state index in [1.165, 1.54) is 24.1 Å². The predicted octanol–water partition coefficient (Wildman–Crippen LogP) is 1.92. The normalized spacial score (nSPS) is 13.6. The standard InChI is InChI=1S/C13H16N4O/c1-9-15-13(18-17-9)7-8-14-12-6-5-10-3-2-4-11(10)16-12/h5-6H,2-4,7-8H2,1H3,(H,14,16). The van der Waals surface area contributed by atoms with Gasteiger partial charge in [-0.15, -0.1) is 0 Å². The van der Waals surface area contributed by atoms with Crippen molar-refractivity contribution in [2.24, 2.45) is 0 Å². The summed E-state index contributed by atoms with van der Waals surface area (Å²) in [6.07, 6.45) is 4.23. The molecular formula is C13H16N4O. The van der Waals surface area contributed by atoms with Crippen molar-refractivity contribution in [1.82, 2.24) is 15.1 Å². The second kappa shape index (κ2) is 4.76. The Morgan fingerprint density at radius 1 is 1.28 bits per heavy atom. The number of hydrogen-bond acceptors (Lipinski definition) is 5. The second-order valence-electron chi connectivity index (χ2n) is 4.57. The van der Waals surface area contributed by atoms with E-state index in [0.29, 0.717) is 11.7 Å². The van der Waals surface area contributed by atoms with Gasteiger partial charge in [0.05, 0.1) is 0 Å². The van der Waals surface area contributed by atoms with E-state index in [1.807, 2.05) is 13.0 Å². The molecule has 5 heteroatoms. The van der Waals surface area contributed by atoms with E-state index in [0.717, 1.165) is 25.2 Å². The summed E-state index contributed by atoms with van der Waals surface area (Å²) >= 11 is 0. The molecule has 2 aromatic rings. The molecule has 0 saturated heterocycles. The molecule has 2 aromatic heterocycles. The van der Waals surface area contributed by atoms with Crippen molar-refractivity contribution in [3.8, 4) is 0 Å². The minimum Gasteiger partial charge on any atom is -0.370 e. The van der Waals surface area contributed by atoms with Gasteiger partial charge in [0.1, 0.15) is 5.82 Å². The van der Waals surface area contributed by atoms with Gasteiger partial charge in [0, 0.05) is 18.7 Å². The number of hydrogen-bond donors (Lipinski definition) is 1. The average molecular weight is 244 g/mol. The fourth-order valence-electron chi connectivity index (χ4n) is 2.26. The highest BCUT2D eigenvalue weighted by atomic mass is 16.5. The number of aromatic nitrogens is 3. The molecule has 2 heterocycles. The Labute approximate surface area is 106 Å². The zero-order chi connectivity index (χ0) is 12.4. The highest BCUT2D eigenvalue weighted by Gasteiger charge is 2.12. The van der Waals surface area contributed by atoms with Gasteiger partial charge in [0.25, 0.3) is 0 Å². The van der Waals surface area contributed by atoms with Crippen LogP contribution in [0.3, 0.4) is 0 Å². The van der Waals surface area contributed by atoms with Crippen LogP contribution in [0.2, 0.25) is 0 Å². The van der Waals surface area contributed by atoms with E-state index < -0.39 is 0 Å². The minimum atomic E-state index is 0.668. The van der Waals surface area contributed by atoms with Gasteiger partial charge in [-0.25, -0.2) is 4.98 Å². The molecule has 0 spiro atoms. The quantitative estimate of drug-likeness (QED) is 0.890. The lowest BCUT2D eigenvalue weighted by atomic mass is 10.2. The smallest absolute Gasteiger partial charge is 0.228 e. The summed E-state index contributed by atoms with van der Waals surface area (Å²) in [4.78, 5) is 8.77. The van der Waals surface area contributed by atoms with Gasteiger partial charge in [0.2, 0.25) is 5.89 Å². The maximum atomic E-state index is 5.05. The van der Waals surface area contributed by atoms with Gasteiger partial charge in [-0.2, -0.15) is 4.98 Å². The first-order valence-electron chi connectivity index (χ1n) is 6.33. The molecule has 0 unspecified atom stereocenters. The van der Waals surface area contributed by atoms with E-state index in [-0.39, 0.29) is 0 Å². The third-order valence-electron chi connectivity index (χ3n) is 3.14. The predicted molar refractivity (Wildman–Crippen MR) is 67.5 cm³/mol. The van der Waals surface area contributed by atoms with E-state index in [4.69, 9.17) is 4.52 Å². The Bertz CT molecular complexity index is 550. The Morgan fingerprint density at radius 2 is 2.22 bits per heavy atom. The lowest BCUT2D eigenvalue weighted by Gasteiger charge is -2.05. The lowest BCUT2D eigenvalue weighted by molar-refractivity contribution is 0.377. The summed E-state index contributed by atoms with van der Waals surface area (Å²) in [5.41, 5.74) is 2.64. The SMILES string of the molecule is Cc1noc(CCNc2ccc3c(n2)CCC3)n1. The van der Waals surface area contributed by atoms with E-state index in [2.05, 4.69) is 26.5 Å². The summed E-state index contributed by atoms with van der Waals surface area (Å²) in [7, 11) is 0. The van der Waals surface area contributed by atoms with Crippen LogP contribution in [0.1, 0.15) is 29.4 Å². The van der Waals surface area contributed by atoms with Crippen LogP contribution < -0.4 is 5.32 Å².